The first-order valence-corrected chi connectivity index (χ1v) is 8.55. The van der Waals surface area contributed by atoms with Crippen LogP contribution in [0, 0.1) is 47.6 Å². The Labute approximate surface area is 146 Å². The third kappa shape index (κ3) is 3.01. The van der Waals surface area contributed by atoms with Gasteiger partial charge in [0.25, 0.3) is 0 Å². The van der Waals surface area contributed by atoms with E-state index in [-0.39, 0.29) is 0 Å². The molecule has 3 aromatic rings. The first-order chi connectivity index (χ1) is 11.4. The minimum Gasteiger partial charge on any atom is -0.129 e. The van der Waals surface area contributed by atoms with Gasteiger partial charge < -0.3 is 0 Å². The lowest BCUT2D eigenvalue weighted by Gasteiger charge is -2.21. The summed E-state index contributed by atoms with van der Waals surface area (Å²) >= 11 is 0. The van der Waals surface area contributed by atoms with Gasteiger partial charge in [0.2, 0.25) is 0 Å². The lowest BCUT2D eigenvalue weighted by molar-refractivity contribution is 1.31. The summed E-state index contributed by atoms with van der Waals surface area (Å²) in [6, 6.07) is 19.2. The molecule has 3 rings (SSSR count). The molecular formula is C24H25-. The normalized spacial score (nSPS) is 10.9. The zero-order valence-electron chi connectivity index (χ0n) is 15.5. The quantitative estimate of drug-likeness (QED) is 0.463. The Balaban J connectivity index is 2.19. The predicted molar refractivity (Wildman–Crippen MR) is 105 cm³/mol. The van der Waals surface area contributed by atoms with E-state index >= 15 is 0 Å². The summed E-state index contributed by atoms with van der Waals surface area (Å²) in [6.07, 6.45) is 0. The van der Waals surface area contributed by atoms with Gasteiger partial charge in [0, 0.05) is 0 Å². The average molecular weight is 313 g/mol. The standard InChI is InChI=1S/C24H25/c1-15-10-17(3)23(18(4)11-15)21-8-7-9-22(14-21)24-19(5)12-16(2)13-20(24)6/h7-13H,1-6H3/q-1. The highest BCUT2D eigenvalue weighted by Gasteiger charge is 2.05. The molecule has 0 saturated heterocycles. The highest BCUT2D eigenvalue weighted by molar-refractivity contribution is 5.78. The maximum atomic E-state index is 3.68. The molecule has 0 aliphatic carbocycles. The summed E-state index contributed by atoms with van der Waals surface area (Å²) < 4.78 is 0. The van der Waals surface area contributed by atoms with E-state index in [4.69, 9.17) is 0 Å². The van der Waals surface area contributed by atoms with E-state index < -0.39 is 0 Å². The highest BCUT2D eigenvalue weighted by Crippen LogP contribution is 2.33. The van der Waals surface area contributed by atoms with Crippen LogP contribution in [0.2, 0.25) is 0 Å². The molecule has 0 atom stereocenters. The molecule has 0 unspecified atom stereocenters. The fourth-order valence-corrected chi connectivity index (χ4v) is 3.97. The molecule has 0 N–H and O–H groups in total. The maximum Gasteiger partial charge on any atom is -0.0398 e. The van der Waals surface area contributed by atoms with E-state index in [1.165, 1.54) is 55.6 Å². The van der Waals surface area contributed by atoms with Crippen LogP contribution in [0.4, 0.5) is 0 Å². The van der Waals surface area contributed by atoms with Gasteiger partial charge in [0.05, 0.1) is 0 Å². The van der Waals surface area contributed by atoms with Crippen molar-refractivity contribution in [3.05, 3.63) is 81.9 Å². The van der Waals surface area contributed by atoms with Crippen molar-refractivity contribution >= 4 is 0 Å². The van der Waals surface area contributed by atoms with Gasteiger partial charge in [-0.2, -0.15) is 0 Å². The van der Waals surface area contributed by atoms with Gasteiger partial charge in [0.15, 0.2) is 0 Å². The van der Waals surface area contributed by atoms with Crippen molar-refractivity contribution < 1.29 is 0 Å². The SMILES string of the molecule is Cc1cc(C)c(-c2[c-]c(-c3c(C)cc(C)cc3C)ccc2)c(C)c1. The molecule has 0 nitrogen and oxygen atoms in total. The fourth-order valence-electron chi connectivity index (χ4n) is 3.97. The first-order valence-electron chi connectivity index (χ1n) is 8.55. The molecule has 0 saturated carbocycles. The monoisotopic (exact) mass is 313 g/mol. The van der Waals surface area contributed by atoms with Crippen molar-refractivity contribution in [3.8, 4) is 22.3 Å². The Kier molecular flexibility index (Phi) is 4.32. The van der Waals surface area contributed by atoms with Gasteiger partial charge in [-0.1, -0.05) is 68.8 Å². The first kappa shape index (κ1) is 16.5. The number of benzene rings is 3. The van der Waals surface area contributed by atoms with Gasteiger partial charge >= 0.3 is 0 Å². The van der Waals surface area contributed by atoms with E-state index in [2.05, 4.69) is 90.1 Å². The molecular weight excluding hydrogens is 288 g/mol. The van der Waals surface area contributed by atoms with Crippen LogP contribution in [0.3, 0.4) is 0 Å². The van der Waals surface area contributed by atoms with E-state index in [1.807, 2.05) is 0 Å². The van der Waals surface area contributed by atoms with Crippen LogP contribution in [0.5, 0.6) is 0 Å². The van der Waals surface area contributed by atoms with E-state index in [0.29, 0.717) is 0 Å². The van der Waals surface area contributed by atoms with E-state index in [9.17, 15) is 0 Å². The van der Waals surface area contributed by atoms with E-state index in [1.54, 1.807) is 0 Å². The molecule has 3 aromatic carbocycles. The lowest BCUT2D eigenvalue weighted by Crippen LogP contribution is -1.93. The molecule has 0 heteroatoms. The smallest absolute Gasteiger partial charge is 0.0398 e. The third-order valence-corrected chi connectivity index (χ3v) is 4.69. The molecule has 0 spiro atoms. The average Bonchev–Trinajstić information content (AvgIpc) is 2.45. The molecule has 0 aliphatic rings. The third-order valence-electron chi connectivity index (χ3n) is 4.69. The Morgan fingerprint density at radius 2 is 0.875 bits per heavy atom. The van der Waals surface area contributed by atoms with E-state index in [0.717, 1.165) is 0 Å². The molecule has 0 radical (unpaired) electrons. The summed E-state index contributed by atoms with van der Waals surface area (Å²) in [6.45, 7) is 13.1. The van der Waals surface area contributed by atoms with Gasteiger partial charge in [-0.3, -0.25) is 0 Å². The molecule has 0 amide bonds. The van der Waals surface area contributed by atoms with Crippen molar-refractivity contribution in [3.63, 3.8) is 0 Å². The van der Waals surface area contributed by atoms with Crippen LogP contribution in [-0.4, -0.2) is 0 Å². The van der Waals surface area contributed by atoms with Gasteiger partial charge in [-0.15, -0.1) is 35.4 Å². The van der Waals surface area contributed by atoms with Crippen molar-refractivity contribution in [1.82, 2.24) is 0 Å². The Bertz CT molecular complexity index is 794. The second-order valence-corrected chi connectivity index (χ2v) is 7.03. The van der Waals surface area contributed by atoms with Crippen LogP contribution in [0.25, 0.3) is 22.3 Å². The Morgan fingerprint density at radius 1 is 0.542 bits per heavy atom. The summed E-state index contributed by atoms with van der Waals surface area (Å²) in [7, 11) is 0. The highest BCUT2D eigenvalue weighted by atomic mass is 14.1. The number of hydrogen-bond acceptors (Lipinski definition) is 0. The van der Waals surface area contributed by atoms with Crippen LogP contribution < -0.4 is 0 Å². The van der Waals surface area contributed by atoms with Crippen molar-refractivity contribution in [1.29, 1.82) is 0 Å². The van der Waals surface area contributed by atoms with Gasteiger partial charge in [-0.05, 0) is 41.5 Å². The summed E-state index contributed by atoms with van der Waals surface area (Å²) in [5.74, 6) is 0. The lowest BCUT2D eigenvalue weighted by atomic mass is 9.89. The van der Waals surface area contributed by atoms with Crippen LogP contribution in [-0.2, 0) is 0 Å². The molecule has 0 heterocycles. The molecule has 24 heavy (non-hydrogen) atoms. The Morgan fingerprint density at radius 3 is 1.21 bits per heavy atom. The second kappa shape index (κ2) is 6.28. The van der Waals surface area contributed by atoms with Gasteiger partial charge in [0.1, 0.15) is 0 Å². The minimum atomic E-state index is 1.18. The number of hydrogen-bond donors (Lipinski definition) is 0. The topological polar surface area (TPSA) is 0 Å². The number of rotatable bonds is 2. The summed E-state index contributed by atoms with van der Waals surface area (Å²) in [4.78, 5) is 0. The number of aryl methyl sites for hydroxylation is 6. The molecule has 0 fully saturated rings. The van der Waals surface area contributed by atoms with Crippen LogP contribution in [0.15, 0.2) is 42.5 Å². The van der Waals surface area contributed by atoms with Crippen molar-refractivity contribution in [2.75, 3.05) is 0 Å². The molecule has 122 valence electrons. The fraction of sp³-hybridized carbons (Fsp3) is 0.250. The minimum absolute atomic E-state index is 1.18. The summed E-state index contributed by atoms with van der Waals surface area (Å²) in [5.41, 5.74) is 12.9. The zero-order valence-corrected chi connectivity index (χ0v) is 15.5. The molecule has 0 bridgehead atoms. The summed E-state index contributed by atoms with van der Waals surface area (Å²) in [5, 5.41) is 0. The zero-order chi connectivity index (χ0) is 17.4. The van der Waals surface area contributed by atoms with Gasteiger partial charge in [-0.25, -0.2) is 0 Å². The Hall–Kier alpha value is -2.34. The predicted octanol–water partition coefficient (Wildman–Crippen LogP) is 6.67. The van der Waals surface area contributed by atoms with Crippen molar-refractivity contribution in [2.24, 2.45) is 0 Å². The van der Waals surface area contributed by atoms with Crippen molar-refractivity contribution in [2.45, 2.75) is 41.5 Å². The second-order valence-electron chi connectivity index (χ2n) is 7.03. The van der Waals surface area contributed by atoms with Crippen LogP contribution >= 0.6 is 0 Å². The maximum absolute atomic E-state index is 3.68. The molecule has 0 aromatic heterocycles. The molecule has 0 aliphatic heterocycles. The largest absolute Gasteiger partial charge is 0.129 e. The van der Waals surface area contributed by atoms with Crippen LogP contribution in [0.1, 0.15) is 33.4 Å².